The summed E-state index contributed by atoms with van der Waals surface area (Å²) in [6, 6.07) is 15.9. The first kappa shape index (κ1) is 15.4. The molecule has 112 valence electrons. The van der Waals surface area contributed by atoms with Crippen molar-refractivity contribution >= 4 is 5.69 Å². The van der Waals surface area contributed by atoms with Gasteiger partial charge in [-0.05, 0) is 29.7 Å². The summed E-state index contributed by atoms with van der Waals surface area (Å²) in [7, 11) is 3.98. The van der Waals surface area contributed by atoms with Gasteiger partial charge in [-0.2, -0.15) is 0 Å². The molecule has 0 amide bonds. The Labute approximate surface area is 126 Å². The molecule has 0 aliphatic rings. The average molecular weight is 285 g/mol. The molecule has 0 heterocycles. The monoisotopic (exact) mass is 285 g/mol. The van der Waals surface area contributed by atoms with E-state index in [1.165, 1.54) is 5.56 Å². The van der Waals surface area contributed by atoms with Crippen molar-refractivity contribution < 1.29 is 9.84 Å². The van der Waals surface area contributed by atoms with Gasteiger partial charge in [-0.1, -0.05) is 37.3 Å². The number of ether oxygens (including phenoxy) is 1. The van der Waals surface area contributed by atoms with E-state index >= 15 is 0 Å². The molecule has 0 fully saturated rings. The Balaban J connectivity index is 1.96. The minimum atomic E-state index is -0.612. The molecule has 2 aromatic carbocycles. The van der Waals surface area contributed by atoms with E-state index in [4.69, 9.17) is 4.74 Å². The summed E-state index contributed by atoms with van der Waals surface area (Å²) in [5, 5.41) is 10.2. The number of rotatable bonds is 6. The summed E-state index contributed by atoms with van der Waals surface area (Å²) in [6.07, 6.45) is 0.392. The maximum Gasteiger partial charge on any atom is 0.121 e. The molecule has 1 unspecified atom stereocenters. The van der Waals surface area contributed by atoms with Crippen molar-refractivity contribution in [2.24, 2.45) is 0 Å². The van der Waals surface area contributed by atoms with E-state index in [2.05, 4.69) is 6.92 Å². The molecule has 3 heteroatoms. The summed E-state index contributed by atoms with van der Waals surface area (Å²) < 4.78 is 5.69. The van der Waals surface area contributed by atoms with Crippen LogP contribution in [-0.4, -0.2) is 25.8 Å². The fourth-order valence-corrected chi connectivity index (χ4v) is 2.10. The average Bonchev–Trinajstić information content (AvgIpc) is 2.53. The summed E-state index contributed by atoms with van der Waals surface area (Å²) in [4.78, 5) is 2.02. The standard InChI is InChI=1S/C18H23NO2/c1-4-14-8-10-15(11-9-14)18(20)13-21-17-7-5-6-16(12-17)19(2)3/h5-12,18,20H,4,13H2,1-3H3. The molecule has 3 nitrogen and oxygen atoms in total. The predicted octanol–water partition coefficient (Wildman–Crippen LogP) is 3.43. The molecular weight excluding hydrogens is 262 g/mol. The van der Waals surface area contributed by atoms with Gasteiger partial charge in [-0.3, -0.25) is 0 Å². The van der Waals surface area contributed by atoms with Crippen LogP contribution in [0.4, 0.5) is 5.69 Å². The quantitative estimate of drug-likeness (QED) is 0.882. The van der Waals surface area contributed by atoms with Crippen LogP contribution in [0.1, 0.15) is 24.2 Å². The van der Waals surface area contributed by atoms with Gasteiger partial charge < -0.3 is 14.7 Å². The van der Waals surface area contributed by atoms with E-state index in [0.717, 1.165) is 23.4 Å². The van der Waals surface area contributed by atoms with Crippen molar-refractivity contribution in [1.29, 1.82) is 0 Å². The van der Waals surface area contributed by atoms with Crippen LogP contribution in [0.5, 0.6) is 5.75 Å². The largest absolute Gasteiger partial charge is 0.490 e. The molecule has 0 aliphatic heterocycles. The predicted molar refractivity (Wildman–Crippen MR) is 87.0 cm³/mol. The van der Waals surface area contributed by atoms with Crippen molar-refractivity contribution in [1.82, 2.24) is 0 Å². The Morgan fingerprint density at radius 2 is 1.81 bits per heavy atom. The molecule has 21 heavy (non-hydrogen) atoms. The molecule has 0 bridgehead atoms. The highest BCUT2D eigenvalue weighted by atomic mass is 16.5. The molecular formula is C18H23NO2. The van der Waals surface area contributed by atoms with Gasteiger partial charge in [-0.15, -0.1) is 0 Å². The lowest BCUT2D eigenvalue weighted by Crippen LogP contribution is -2.11. The van der Waals surface area contributed by atoms with Crippen molar-refractivity contribution in [2.75, 3.05) is 25.6 Å². The van der Waals surface area contributed by atoms with E-state index < -0.39 is 6.10 Å². The van der Waals surface area contributed by atoms with Crippen molar-refractivity contribution in [2.45, 2.75) is 19.4 Å². The lowest BCUT2D eigenvalue weighted by Gasteiger charge is -2.16. The highest BCUT2D eigenvalue weighted by Gasteiger charge is 2.09. The first-order valence-electron chi connectivity index (χ1n) is 7.27. The third kappa shape index (κ3) is 4.23. The third-order valence-electron chi connectivity index (χ3n) is 3.51. The van der Waals surface area contributed by atoms with Gasteiger partial charge in [0.1, 0.15) is 18.5 Å². The number of benzene rings is 2. The number of nitrogens with zero attached hydrogens (tertiary/aromatic N) is 1. The van der Waals surface area contributed by atoms with Crippen molar-refractivity contribution in [3.05, 3.63) is 59.7 Å². The number of anilines is 1. The first-order chi connectivity index (χ1) is 10.1. The molecule has 0 spiro atoms. The second kappa shape index (κ2) is 7.14. The van der Waals surface area contributed by atoms with Gasteiger partial charge in [0.25, 0.3) is 0 Å². The Bertz CT molecular complexity index is 564. The summed E-state index contributed by atoms with van der Waals surface area (Å²) in [6.45, 7) is 2.37. The number of aliphatic hydroxyl groups is 1. The molecule has 1 atom stereocenters. The van der Waals surface area contributed by atoms with Gasteiger partial charge in [0.2, 0.25) is 0 Å². The number of hydrogen-bond donors (Lipinski definition) is 1. The van der Waals surface area contributed by atoms with Crippen LogP contribution in [-0.2, 0) is 6.42 Å². The van der Waals surface area contributed by atoms with Crippen molar-refractivity contribution in [3.63, 3.8) is 0 Å². The van der Waals surface area contributed by atoms with Crippen LogP contribution in [0.3, 0.4) is 0 Å². The van der Waals surface area contributed by atoms with Gasteiger partial charge in [0.15, 0.2) is 0 Å². The molecule has 0 aliphatic carbocycles. The first-order valence-corrected chi connectivity index (χ1v) is 7.27. The lowest BCUT2D eigenvalue weighted by atomic mass is 10.1. The SMILES string of the molecule is CCc1ccc(C(O)COc2cccc(N(C)C)c2)cc1. The second-order valence-corrected chi connectivity index (χ2v) is 5.31. The Morgan fingerprint density at radius 1 is 1.10 bits per heavy atom. The Hall–Kier alpha value is -2.00. The van der Waals surface area contributed by atoms with E-state index in [1.807, 2.05) is 67.5 Å². The van der Waals surface area contributed by atoms with E-state index in [-0.39, 0.29) is 6.61 Å². The van der Waals surface area contributed by atoms with Gasteiger partial charge in [-0.25, -0.2) is 0 Å². The highest BCUT2D eigenvalue weighted by molar-refractivity contribution is 5.49. The zero-order chi connectivity index (χ0) is 15.2. The van der Waals surface area contributed by atoms with Crippen LogP contribution in [0.15, 0.2) is 48.5 Å². The molecule has 0 aromatic heterocycles. The number of aryl methyl sites for hydroxylation is 1. The molecule has 1 N–H and O–H groups in total. The minimum absolute atomic E-state index is 0.252. The van der Waals surface area contributed by atoms with Gasteiger partial charge in [0, 0.05) is 25.8 Å². The lowest BCUT2D eigenvalue weighted by molar-refractivity contribution is 0.108. The highest BCUT2D eigenvalue weighted by Crippen LogP contribution is 2.21. The van der Waals surface area contributed by atoms with Crippen LogP contribution >= 0.6 is 0 Å². The summed E-state index contributed by atoms with van der Waals surface area (Å²) in [5.41, 5.74) is 3.23. The molecule has 0 saturated heterocycles. The summed E-state index contributed by atoms with van der Waals surface area (Å²) in [5.74, 6) is 0.769. The maximum atomic E-state index is 10.2. The number of aliphatic hydroxyl groups excluding tert-OH is 1. The second-order valence-electron chi connectivity index (χ2n) is 5.31. The fraction of sp³-hybridized carbons (Fsp3) is 0.333. The fourth-order valence-electron chi connectivity index (χ4n) is 2.10. The molecule has 0 radical (unpaired) electrons. The van der Waals surface area contributed by atoms with Crippen LogP contribution in [0.2, 0.25) is 0 Å². The van der Waals surface area contributed by atoms with E-state index in [0.29, 0.717) is 0 Å². The van der Waals surface area contributed by atoms with Gasteiger partial charge >= 0.3 is 0 Å². The zero-order valence-corrected chi connectivity index (χ0v) is 12.9. The molecule has 2 rings (SSSR count). The minimum Gasteiger partial charge on any atom is -0.490 e. The maximum absolute atomic E-state index is 10.2. The van der Waals surface area contributed by atoms with Crippen LogP contribution < -0.4 is 9.64 Å². The smallest absolute Gasteiger partial charge is 0.121 e. The van der Waals surface area contributed by atoms with Crippen LogP contribution in [0.25, 0.3) is 0 Å². The normalized spacial score (nSPS) is 12.0. The number of hydrogen-bond acceptors (Lipinski definition) is 3. The molecule has 2 aromatic rings. The van der Waals surface area contributed by atoms with Crippen LogP contribution in [0, 0.1) is 0 Å². The topological polar surface area (TPSA) is 32.7 Å². The van der Waals surface area contributed by atoms with Gasteiger partial charge in [0.05, 0.1) is 0 Å². The summed E-state index contributed by atoms with van der Waals surface area (Å²) >= 11 is 0. The zero-order valence-electron chi connectivity index (χ0n) is 12.9. The Morgan fingerprint density at radius 3 is 2.43 bits per heavy atom. The third-order valence-corrected chi connectivity index (χ3v) is 3.51. The van der Waals surface area contributed by atoms with E-state index in [9.17, 15) is 5.11 Å². The Kier molecular flexibility index (Phi) is 5.23. The molecule has 0 saturated carbocycles. The van der Waals surface area contributed by atoms with Crippen molar-refractivity contribution in [3.8, 4) is 5.75 Å². The van der Waals surface area contributed by atoms with E-state index in [1.54, 1.807) is 0 Å².